The second-order valence-electron chi connectivity index (χ2n) is 7.32. The van der Waals surface area contributed by atoms with E-state index in [1.165, 1.54) is 6.07 Å². The molecule has 2 amide bonds. The van der Waals surface area contributed by atoms with Gasteiger partial charge in [-0.25, -0.2) is 9.78 Å². The molecule has 2 aromatic heterocycles. The number of aromatic nitrogens is 2. The summed E-state index contributed by atoms with van der Waals surface area (Å²) in [7, 11) is 0. The Labute approximate surface area is 171 Å². The third-order valence-electron chi connectivity index (χ3n) is 5.30. The normalized spacial score (nSPS) is 16.8. The van der Waals surface area contributed by atoms with Crippen molar-refractivity contribution in [1.82, 2.24) is 9.97 Å². The molecular formula is C21H20F3N5O. The lowest BCUT2D eigenvalue weighted by molar-refractivity contribution is -0.137. The lowest BCUT2D eigenvalue weighted by Crippen LogP contribution is -2.45. The van der Waals surface area contributed by atoms with E-state index in [-0.39, 0.29) is 6.04 Å². The number of hydrogen-bond donors (Lipinski definition) is 1. The lowest BCUT2D eigenvalue weighted by atomic mass is 10.1. The van der Waals surface area contributed by atoms with Crippen molar-refractivity contribution in [3.8, 4) is 0 Å². The monoisotopic (exact) mass is 415 g/mol. The maximum Gasteiger partial charge on any atom is 0.417 e. The highest BCUT2D eigenvalue weighted by Crippen LogP contribution is 2.33. The Hall–Kier alpha value is -3.36. The number of carbonyl (C=O) groups is 1. The zero-order valence-corrected chi connectivity index (χ0v) is 16.2. The van der Waals surface area contributed by atoms with Gasteiger partial charge in [-0.1, -0.05) is 12.1 Å². The molecule has 9 heteroatoms. The van der Waals surface area contributed by atoms with E-state index in [1.807, 2.05) is 36.1 Å². The fourth-order valence-corrected chi connectivity index (χ4v) is 3.86. The van der Waals surface area contributed by atoms with Gasteiger partial charge in [-0.05, 0) is 37.6 Å². The molecule has 1 unspecified atom stereocenters. The zero-order valence-electron chi connectivity index (χ0n) is 16.2. The van der Waals surface area contributed by atoms with Gasteiger partial charge in [0.1, 0.15) is 5.82 Å². The predicted octanol–water partition coefficient (Wildman–Crippen LogP) is 4.12. The summed E-state index contributed by atoms with van der Waals surface area (Å²) in [6.45, 7) is 2.85. The van der Waals surface area contributed by atoms with Crippen LogP contribution in [-0.2, 0) is 6.18 Å². The predicted molar refractivity (Wildman–Crippen MR) is 108 cm³/mol. The summed E-state index contributed by atoms with van der Waals surface area (Å²) >= 11 is 0. The third-order valence-corrected chi connectivity index (χ3v) is 5.30. The molecule has 2 N–H and O–H groups in total. The molecule has 156 valence electrons. The van der Waals surface area contributed by atoms with Crippen LogP contribution < -0.4 is 15.5 Å². The number of nitrogens with zero attached hydrogens (tertiary/aromatic N) is 4. The Morgan fingerprint density at radius 2 is 2.00 bits per heavy atom. The largest absolute Gasteiger partial charge is 0.417 e. The molecule has 1 atom stereocenters. The summed E-state index contributed by atoms with van der Waals surface area (Å²) in [6, 6.07) is 9.06. The number of primary amides is 1. The highest BCUT2D eigenvalue weighted by molar-refractivity contribution is 6.03. The highest BCUT2D eigenvalue weighted by Gasteiger charge is 2.34. The fourth-order valence-electron chi connectivity index (χ4n) is 3.86. The number of pyridine rings is 2. The summed E-state index contributed by atoms with van der Waals surface area (Å²) in [5.41, 5.74) is 6.46. The van der Waals surface area contributed by atoms with Crippen molar-refractivity contribution in [2.45, 2.75) is 25.6 Å². The number of amides is 2. The van der Waals surface area contributed by atoms with E-state index in [0.29, 0.717) is 31.0 Å². The minimum atomic E-state index is -4.43. The van der Waals surface area contributed by atoms with E-state index in [0.717, 1.165) is 28.7 Å². The highest BCUT2D eigenvalue weighted by atomic mass is 19.4. The van der Waals surface area contributed by atoms with Crippen LogP contribution in [-0.4, -0.2) is 35.1 Å². The van der Waals surface area contributed by atoms with Crippen LogP contribution in [0, 0.1) is 6.92 Å². The van der Waals surface area contributed by atoms with Crippen LogP contribution in [0.3, 0.4) is 0 Å². The summed E-state index contributed by atoms with van der Waals surface area (Å²) in [5, 5.41) is 1.76. The van der Waals surface area contributed by atoms with Gasteiger partial charge in [0.05, 0.1) is 17.3 Å². The molecule has 6 nitrogen and oxygen atoms in total. The number of aryl methyl sites for hydroxylation is 1. The smallest absolute Gasteiger partial charge is 0.354 e. The van der Waals surface area contributed by atoms with Crippen molar-refractivity contribution < 1.29 is 18.0 Å². The maximum absolute atomic E-state index is 12.8. The number of nitrogens with two attached hydrogens (primary N) is 1. The summed E-state index contributed by atoms with van der Waals surface area (Å²) < 4.78 is 38.3. The van der Waals surface area contributed by atoms with E-state index in [4.69, 9.17) is 5.73 Å². The number of benzene rings is 1. The van der Waals surface area contributed by atoms with Crippen LogP contribution in [0.25, 0.3) is 10.8 Å². The Kier molecular flexibility index (Phi) is 4.97. The molecule has 3 aromatic rings. The van der Waals surface area contributed by atoms with Crippen LogP contribution in [0.2, 0.25) is 0 Å². The van der Waals surface area contributed by atoms with Gasteiger partial charge in [0.25, 0.3) is 0 Å². The van der Waals surface area contributed by atoms with E-state index in [9.17, 15) is 18.0 Å². The van der Waals surface area contributed by atoms with Gasteiger partial charge in [0, 0.05) is 41.9 Å². The molecule has 30 heavy (non-hydrogen) atoms. The van der Waals surface area contributed by atoms with E-state index in [2.05, 4.69) is 9.97 Å². The number of carbonyl (C=O) groups excluding carboxylic acids is 1. The van der Waals surface area contributed by atoms with Crippen LogP contribution >= 0.6 is 0 Å². The molecule has 1 fully saturated rings. The molecule has 0 aliphatic carbocycles. The van der Waals surface area contributed by atoms with Crippen molar-refractivity contribution >= 4 is 28.3 Å². The van der Waals surface area contributed by atoms with Gasteiger partial charge >= 0.3 is 12.2 Å². The first-order chi connectivity index (χ1) is 14.2. The third kappa shape index (κ3) is 3.74. The average molecular weight is 415 g/mol. The first-order valence-electron chi connectivity index (χ1n) is 9.46. The molecule has 0 saturated carbocycles. The fraction of sp³-hybridized carbons (Fsp3) is 0.286. The lowest BCUT2D eigenvalue weighted by Gasteiger charge is -2.29. The van der Waals surface area contributed by atoms with Gasteiger partial charge < -0.3 is 10.6 Å². The molecule has 1 aliphatic rings. The summed E-state index contributed by atoms with van der Waals surface area (Å²) in [5.74, 6) is 0.438. The van der Waals surface area contributed by atoms with Crippen molar-refractivity contribution in [3.05, 3.63) is 60.0 Å². The SMILES string of the molecule is Cc1cc2c(N(C(N)=O)C3CCN(c4ccc(C(F)(F)F)cn4)C3)cccc2cn1. The maximum atomic E-state index is 12.8. The minimum Gasteiger partial charge on any atom is -0.354 e. The van der Waals surface area contributed by atoms with Crippen molar-refractivity contribution in [2.75, 3.05) is 22.9 Å². The number of alkyl halides is 3. The van der Waals surface area contributed by atoms with Gasteiger partial charge in [0.15, 0.2) is 0 Å². The Balaban J connectivity index is 1.62. The quantitative estimate of drug-likeness (QED) is 0.698. The second-order valence-corrected chi connectivity index (χ2v) is 7.32. The van der Waals surface area contributed by atoms with Gasteiger partial charge in [-0.15, -0.1) is 0 Å². The minimum absolute atomic E-state index is 0.231. The molecule has 4 rings (SSSR count). The van der Waals surface area contributed by atoms with Gasteiger partial charge in [-0.3, -0.25) is 9.88 Å². The molecule has 1 aliphatic heterocycles. The zero-order chi connectivity index (χ0) is 21.5. The van der Waals surface area contributed by atoms with Crippen LogP contribution in [0.5, 0.6) is 0 Å². The Bertz CT molecular complexity index is 1080. The van der Waals surface area contributed by atoms with Gasteiger partial charge in [0.2, 0.25) is 0 Å². The van der Waals surface area contributed by atoms with Crippen LogP contribution in [0.4, 0.5) is 29.5 Å². The van der Waals surface area contributed by atoms with Crippen molar-refractivity contribution in [1.29, 1.82) is 0 Å². The van der Waals surface area contributed by atoms with E-state index < -0.39 is 17.8 Å². The molecule has 1 aromatic carbocycles. The molecule has 0 radical (unpaired) electrons. The Morgan fingerprint density at radius 3 is 2.67 bits per heavy atom. The van der Waals surface area contributed by atoms with E-state index >= 15 is 0 Å². The summed E-state index contributed by atoms with van der Waals surface area (Å²) in [4.78, 5) is 24.1. The number of fused-ring (bicyclic) bond motifs is 1. The molecule has 1 saturated heterocycles. The standard InChI is InChI=1S/C21H20F3N5O/c1-13-9-17-14(10-26-13)3-2-4-18(17)29(20(25)30)16-7-8-28(12-16)19-6-5-15(11-27-19)21(22,23)24/h2-6,9-11,16H,7-8,12H2,1H3,(H2,25,30). The van der Waals surface area contributed by atoms with Crippen LogP contribution in [0.15, 0.2) is 48.8 Å². The van der Waals surface area contributed by atoms with Gasteiger partial charge in [-0.2, -0.15) is 13.2 Å². The topological polar surface area (TPSA) is 75.3 Å². The molecule has 0 bridgehead atoms. The molecular weight excluding hydrogens is 395 g/mol. The Morgan fingerprint density at radius 1 is 1.20 bits per heavy atom. The second kappa shape index (κ2) is 7.47. The number of anilines is 2. The molecule has 3 heterocycles. The first-order valence-corrected chi connectivity index (χ1v) is 9.46. The van der Waals surface area contributed by atoms with Crippen molar-refractivity contribution in [3.63, 3.8) is 0 Å². The summed E-state index contributed by atoms with van der Waals surface area (Å²) in [6.07, 6.45) is -1.23. The van der Waals surface area contributed by atoms with E-state index in [1.54, 1.807) is 11.1 Å². The number of hydrogen-bond acceptors (Lipinski definition) is 4. The average Bonchev–Trinajstić information content (AvgIpc) is 3.17. The number of rotatable bonds is 3. The number of urea groups is 1. The van der Waals surface area contributed by atoms with Crippen molar-refractivity contribution in [2.24, 2.45) is 5.73 Å². The first kappa shape index (κ1) is 19.9. The van der Waals surface area contributed by atoms with Crippen LogP contribution in [0.1, 0.15) is 17.7 Å². The number of halogens is 3. The molecule has 0 spiro atoms.